The van der Waals surface area contributed by atoms with Crippen molar-refractivity contribution in [2.45, 2.75) is 23.5 Å². The van der Waals surface area contributed by atoms with Gasteiger partial charge in [0.25, 0.3) is 0 Å². The molecule has 1 rings (SSSR count). The smallest absolute Gasteiger partial charge is 0.332 e. The van der Waals surface area contributed by atoms with Crippen LogP contribution in [0.3, 0.4) is 0 Å². The van der Waals surface area contributed by atoms with Crippen LogP contribution in [-0.4, -0.2) is 31.9 Å². The molecule has 0 saturated carbocycles. The lowest BCUT2D eigenvalue weighted by molar-refractivity contribution is -0.132. The Labute approximate surface area is 112 Å². The Morgan fingerprint density at radius 3 is 2.26 bits per heavy atom. The van der Waals surface area contributed by atoms with Crippen molar-refractivity contribution in [2.75, 3.05) is 7.11 Å². The van der Waals surface area contributed by atoms with E-state index in [1.165, 1.54) is 31.4 Å². The van der Waals surface area contributed by atoms with E-state index < -0.39 is 21.1 Å². The van der Waals surface area contributed by atoms with Gasteiger partial charge in [-0.15, -0.1) is 0 Å². The van der Waals surface area contributed by atoms with Crippen molar-refractivity contribution >= 4 is 15.8 Å². The molecule has 0 radical (unpaired) electrons. The van der Waals surface area contributed by atoms with E-state index in [0.717, 1.165) is 0 Å². The Morgan fingerprint density at radius 1 is 1.37 bits per heavy atom. The molecule has 1 atom stereocenters. The number of aliphatic carboxylic acids is 1. The van der Waals surface area contributed by atoms with Gasteiger partial charge >= 0.3 is 5.97 Å². The average Bonchev–Trinajstić information content (AvgIpc) is 2.39. The highest BCUT2D eigenvalue weighted by Gasteiger charge is 2.31. The molecule has 1 N–H and O–H groups in total. The number of hydrogen-bond acceptors (Lipinski definition) is 4. The van der Waals surface area contributed by atoms with Crippen LogP contribution in [0.4, 0.5) is 0 Å². The lowest BCUT2D eigenvalue weighted by Gasteiger charge is -2.16. The molecule has 0 aliphatic rings. The van der Waals surface area contributed by atoms with E-state index in [0.29, 0.717) is 5.75 Å². The van der Waals surface area contributed by atoms with Crippen LogP contribution >= 0.6 is 0 Å². The van der Waals surface area contributed by atoms with Gasteiger partial charge < -0.3 is 9.84 Å². The lowest BCUT2D eigenvalue weighted by atomic mass is 10.2. The molecule has 104 valence electrons. The molecule has 19 heavy (non-hydrogen) atoms. The third kappa shape index (κ3) is 3.14. The SMILES string of the molecule is C=C(C(=O)O)C(CC)S(=O)(=O)c1ccc(OC)cc1. The summed E-state index contributed by atoms with van der Waals surface area (Å²) in [6.45, 7) is 4.96. The van der Waals surface area contributed by atoms with Crippen molar-refractivity contribution in [3.05, 3.63) is 36.4 Å². The Morgan fingerprint density at radius 2 is 1.89 bits per heavy atom. The van der Waals surface area contributed by atoms with E-state index in [-0.39, 0.29) is 16.9 Å². The van der Waals surface area contributed by atoms with Gasteiger partial charge in [0.15, 0.2) is 9.84 Å². The third-order valence-electron chi connectivity index (χ3n) is 2.80. The lowest BCUT2D eigenvalue weighted by Crippen LogP contribution is -2.26. The maximum atomic E-state index is 12.3. The zero-order valence-electron chi connectivity index (χ0n) is 10.8. The summed E-state index contributed by atoms with van der Waals surface area (Å²) in [5, 5.41) is 7.77. The molecular weight excluding hydrogens is 268 g/mol. The number of carboxylic acids is 1. The molecule has 0 heterocycles. The van der Waals surface area contributed by atoms with Gasteiger partial charge in [-0.05, 0) is 30.7 Å². The first kappa shape index (κ1) is 15.2. The highest BCUT2D eigenvalue weighted by molar-refractivity contribution is 7.92. The second kappa shape index (κ2) is 5.88. The average molecular weight is 284 g/mol. The van der Waals surface area contributed by atoms with Gasteiger partial charge in [-0.3, -0.25) is 0 Å². The molecular formula is C13H16O5S. The number of carbonyl (C=O) groups is 1. The van der Waals surface area contributed by atoms with Crippen LogP contribution in [0.2, 0.25) is 0 Å². The maximum absolute atomic E-state index is 12.3. The highest BCUT2D eigenvalue weighted by atomic mass is 32.2. The summed E-state index contributed by atoms with van der Waals surface area (Å²) in [4.78, 5) is 11.0. The normalized spacial score (nSPS) is 12.7. The van der Waals surface area contributed by atoms with E-state index in [1.807, 2.05) is 0 Å². The molecule has 0 fully saturated rings. The van der Waals surface area contributed by atoms with Crippen molar-refractivity contribution in [1.82, 2.24) is 0 Å². The summed E-state index contributed by atoms with van der Waals surface area (Å²) in [7, 11) is -2.28. The molecule has 6 heteroatoms. The van der Waals surface area contributed by atoms with Gasteiger partial charge in [0.05, 0.1) is 17.3 Å². The fourth-order valence-electron chi connectivity index (χ4n) is 1.72. The third-order valence-corrected chi connectivity index (χ3v) is 5.09. The van der Waals surface area contributed by atoms with E-state index in [1.54, 1.807) is 6.92 Å². The number of sulfone groups is 1. The van der Waals surface area contributed by atoms with Gasteiger partial charge in [0, 0.05) is 5.57 Å². The first-order chi connectivity index (χ1) is 8.84. The van der Waals surface area contributed by atoms with Crippen LogP contribution in [0, 0.1) is 0 Å². The quantitative estimate of drug-likeness (QED) is 0.807. The number of rotatable bonds is 6. The first-order valence-electron chi connectivity index (χ1n) is 5.64. The zero-order valence-corrected chi connectivity index (χ0v) is 11.6. The Hall–Kier alpha value is -1.82. The topological polar surface area (TPSA) is 80.7 Å². The fraction of sp³-hybridized carbons (Fsp3) is 0.308. The van der Waals surface area contributed by atoms with Gasteiger partial charge in [-0.2, -0.15) is 0 Å². The maximum Gasteiger partial charge on any atom is 0.332 e. The largest absolute Gasteiger partial charge is 0.497 e. The summed E-state index contributed by atoms with van der Waals surface area (Å²) in [6.07, 6.45) is 0.152. The van der Waals surface area contributed by atoms with E-state index in [4.69, 9.17) is 9.84 Å². The molecule has 0 saturated heterocycles. The summed E-state index contributed by atoms with van der Waals surface area (Å²) < 4.78 is 29.6. The molecule has 0 amide bonds. The predicted molar refractivity (Wildman–Crippen MR) is 71.0 cm³/mol. The summed E-state index contributed by atoms with van der Waals surface area (Å²) in [5.41, 5.74) is -0.321. The van der Waals surface area contributed by atoms with Crippen LogP contribution in [0.1, 0.15) is 13.3 Å². The summed E-state index contributed by atoms with van der Waals surface area (Å²) in [6, 6.07) is 5.82. The molecule has 0 spiro atoms. The van der Waals surface area contributed by atoms with Crippen molar-refractivity contribution < 1.29 is 23.1 Å². The molecule has 0 bridgehead atoms. The minimum absolute atomic E-state index is 0.0579. The number of carboxylic acid groups (broad SMARTS) is 1. The van der Waals surface area contributed by atoms with Crippen LogP contribution in [0.15, 0.2) is 41.3 Å². The van der Waals surface area contributed by atoms with E-state index in [9.17, 15) is 13.2 Å². The summed E-state index contributed by atoms with van der Waals surface area (Å²) in [5.74, 6) is -0.770. The second-order valence-electron chi connectivity index (χ2n) is 3.95. The van der Waals surface area contributed by atoms with Crippen LogP contribution < -0.4 is 4.74 Å². The fourth-order valence-corrected chi connectivity index (χ4v) is 3.48. The molecule has 0 aliphatic carbocycles. The number of methoxy groups -OCH3 is 1. The predicted octanol–water partition coefficient (Wildman–Crippen LogP) is 1.89. The summed E-state index contributed by atoms with van der Waals surface area (Å²) >= 11 is 0. The van der Waals surface area contributed by atoms with Gasteiger partial charge in [0.2, 0.25) is 0 Å². The molecule has 1 unspecified atom stereocenters. The number of hydrogen-bond donors (Lipinski definition) is 1. The van der Waals surface area contributed by atoms with E-state index in [2.05, 4.69) is 6.58 Å². The molecule has 1 aromatic carbocycles. The van der Waals surface area contributed by atoms with Gasteiger partial charge in [-0.25, -0.2) is 13.2 Å². The number of ether oxygens (including phenoxy) is 1. The molecule has 0 aliphatic heterocycles. The van der Waals surface area contributed by atoms with Gasteiger partial charge in [0.1, 0.15) is 5.75 Å². The van der Waals surface area contributed by atoms with Crippen molar-refractivity contribution in [2.24, 2.45) is 0 Å². The standard InChI is InChI=1S/C13H16O5S/c1-4-12(9(2)13(14)15)19(16,17)11-7-5-10(18-3)6-8-11/h5-8,12H,2,4H2,1,3H3,(H,14,15). The Balaban J connectivity index is 3.20. The molecule has 5 nitrogen and oxygen atoms in total. The molecule has 1 aromatic rings. The monoisotopic (exact) mass is 284 g/mol. The highest BCUT2D eigenvalue weighted by Crippen LogP contribution is 2.25. The first-order valence-corrected chi connectivity index (χ1v) is 7.19. The Bertz CT molecular complexity index is 572. The number of benzene rings is 1. The van der Waals surface area contributed by atoms with Gasteiger partial charge in [-0.1, -0.05) is 13.5 Å². The Kier molecular flexibility index (Phi) is 4.72. The second-order valence-corrected chi connectivity index (χ2v) is 6.08. The van der Waals surface area contributed by atoms with Crippen molar-refractivity contribution in [3.8, 4) is 5.75 Å². The van der Waals surface area contributed by atoms with Crippen molar-refractivity contribution in [1.29, 1.82) is 0 Å². The van der Waals surface area contributed by atoms with Crippen LogP contribution in [-0.2, 0) is 14.6 Å². The zero-order chi connectivity index (χ0) is 14.6. The van der Waals surface area contributed by atoms with Crippen LogP contribution in [0.25, 0.3) is 0 Å². The van der Waals surface area contributed by atoms with E-state index >= 15 is 0 Å². The van der Waals surface area contributed by atoms with Crippen LogP contribution in [0.5, 0.6) is 5.75 Å². The molecule has 0 aromatic heterocycles. The van der Waals surface area contributed by atoms with Crippen molar-refractivity contribution in [3.63, 3.8) is 0 Å². The minimum Gasteiger partial charge on any atom is -0.497 e. The minimum atomic E-state index is -3.76.